The molecule has 0 amide bonds. The van der Waals surface area contributed by atoms with Crippen LogP contribution in [0.1, 0.15) is 31.2 Å². The summed E-state index contributed by atoms with van der Waals surface area (Å²) < 4.78 is 1.35. The van der Waals surface area contributed by atoms with E-state index in [1.54, 1.807) is 0 Å². The van der Waals surface area contributed by atoms with E-state index in [0.717, 1.165) is 12.5 Å². The van der Waals surface area contributed by atoms with Crippen molar-refractivity contribution in [1.29, 1.82) is 0 Å². The first kappa shape index (κ1) is 11.2. The van der Waals surface area contributed by atoms with Crippen LogP contribution in [0.3, 0.4) is 0 Å². The third kappa shape index (κ3) is 3.10. The summed E-state index contributed by atoms with van der Waals surface area (Å²) in [6, 6.07) is 6.62. The first-order chi connectivity index (χ1) is 7.25. The Morgan fingerprint density at radius 2 is 2.07 bits per heavy atom. The van der Waals surface area contributed by atoms with Gasteiger partial charge in [-0.3, -0.25) is 0 Å². The van der Waals surface area contributed by atoms with Crippen LogP contribution in [0.15, 0.2) is 18.2 Å². The molecule has 1 N–H and O–H groups in total. The fraction of sp³-hybridized carbons (Fsp3) is 0.538. The standard InChI is InChI=1S/C13H18IN/c1-10-6-7-12(8-13(10)14)15-9-11-4-2-3-5-11/h6-8,11,15H,2-5,9H2,1H3. The molecule has 0 aliphatic heterocycles. The topological polar surface area (TPSA) is 12.0 Å². The molecule has 0 atom stereocenters. The molecule has 0 heterocycles. The Balaban J connectivity index is 1.90. The van der Waals surface area contributed by atoms with Gasteiger partial charge in [-0.1, -0.05) is 18.9 Å². The molecule has 0 saturated heterocycles. The maximum Gasteiger partial charge on any atom is 0.0351 e. The molecule has 2 heteroatoms. The summed E-state index contributed by atoms with van der Waals surface area (Å²) in [4.78, 5) is 0. The summed E-state index contributed by atoms with van der Waals surface area (Å²) in [5.41, 5.74) is 2.64. The third-order valence-electron chi connectivity index (χ3n) is 3.24. The predicted octanol–water partition coefficient (Wildman–Crippen LogP) is 4.20. The van der Waals surface area contributed by atoms with E-state index in [0.29, 0.717) is 0 Å². The van der Waals surface area contributed by atoms with Crippen LogP contribution in [-0.2, 0) is 0 Å². The molecule has 15 heavy (non-hydrogen) atoms. The van der Waals surface area contributed by atoms with Gasteiger partial charge in [-0.05, 0) is 66.0 Å². The second kappa shape index (κ2) is 5.19. The largest absolute Gasteiger partial charge is 0.385 e. The predicted molar refractivity (Wildman–Crippen MR) is 74.3 cm³/mol. The molecule has 0 radical (unpaired) electrons. The van der Waals surface area contributed by atoms with Crippen LogP contribution in [-0.4, -0.2) is 6.54 Å². The summed E-state index contributed by atoms with van der Waals surface area (Å²) in [5, 5.41) is 3.55. The Bertz CT molecular complexity index is 329. The average Bonchev–Trinajstić information content (AvgIpc) is 2.73. The fourth-order valence-corrected chi connectivity index (χ4v) is 2.69. The van der Waals surface area contributed by atoms with Gasteiger partial charge in [-0.15, -0.1) is 0 Å². The second-order valence-electron chi connectivity index (χ2n) is 4.50. The molecule has 2 rings (SSSR count). The van der Waals surface area contributed by atoms with E-state index >= 15 is 0 Å². The van der Waals surface area contributed by atoms with Crippen LogP contribution in [0.4, 0.5) is 5.69 Å². The number of aryl methyl sites for hydroxylation is 1. The molecule has 0 bridgehead atoms. The molecule has 0 unspecified atom stereocenters. The third-order valence-corrected chi connectivity index (χ3v) is 4.40. The van der Waals surface area contributed by atoms with Crippen LogP contribution >= 0.6 is 22.6 Å². The van der Waals surface area contributed by atoms with Crippen molar-refractivity contribution in [3.63, 3.8) is 0 Å². The Morgan fingerprint density at radius 3 is 2.73 bits per heavy atom. The Labute approximate surface area is 106 Å². The van der Waals surface area contributed by atoms with Gasteiger partial charge < -0.3 is 5.32 Å². The number of hydrogen-bond donors (Lipinski definition) is 1. The SMILES string of the molecule is Cc1ccc(NCC2CCCC2)cc1I. The first-order valence-electron chi connectivity index (χ1n) is 5.76. The van der Waals surface area contributed by atoms with Gasteiger partial charge in [0, 0.05) is 15.8 Å². The summed E-state index contributed by atoms with van der Waals surface area (Å²) in [7, 11) is 0. The Hall–Kier alpha value is -0.250. The summed E-state index contributed by atoms with van der Waals surface area (Å²) >= 11 is 2.40. The zero-order valence-electron chi connectivity index (χ0n) is 9.22. The Morgan fingerprint density at radius 1 is 1.33 bits per heavy atom. The lowest BCUT2D eigenvalue weighted by Crippen LogP contribution is -2.10. The molecule has 0 spiro atoms. The molecule has 1 aliphatic carbocycles. The number of halogens is 1. The maximum atomic E-state index is 3.55. The highest BCUT2D eigenvalue weighted by Crippen LogP contribution is 2.25. The van der Waals surface area contributed by atoms with E-state index in [4.69, 9.17) is 0 Å². The number of benzene rings is 1. The van der Waals surface area contributed by atoms with Crippen molar-refractivity contribution in [2.45, 2.75) is 32.6 Å². The number of nitrogens with one attached hydrogen (secondary N) is 1. The van der Waals surface area contributed by atoms with E-state index in [-0.39, 0.29) is 0 Å². The quantitative estimate of drug-likeness (QED) is 0.824. The summed E-state index contributed by atoms with van der Waals surface area (Å²) in [6.45, 7) is 3.31. The maximum absolute atomic E-state index is 3.55. The van der Waals surface area contributed by atoms with E-state index in [1.807, 2.05) is 0 Å². The van der Waals surface area contributed by atoms with Crippen LogP contribution in [0.2, 0.25) is 0 Å². The van der Waals surface area contributed by atoms with Crippen molar-refractivity contribution in [1.82, 2.24) is 0 Å². The summed E-state index contributed by atoms with van der Waals surface area (Å²) in [6.07, 6.45) is 5.68. The van der Waals surface area contributed by atoms with Crippen LogP contribution in [0, 0.1) is 16.4 Å². The molecule has 1 aliphatic rings. The van der Waals surface area contributed by atoms with Gasteiger partial charge in [0.05, 0.1) is 0 Å². The first-order valence-corrected chi connectivity index (χ1v) is 6.83. The zero-order chi connectivity index (χ0) is 10.7. The lowest BCUT2D eigenvalue weighted by atomic mass is 10.1. The highest BCUT2D eigenvalue weighted by atomic mass is 127. The van der Waals surface area contributed by atoms with Crippen molar-refractivity contribution in [2.75, 3.05) is 11.9 Å². The van der Waals surface area contributed by atoms with Gasteiger partial charge in [-0.25, -0.2) is 0 Å². The molecule has 82 valence electrons. The number of hydrogen-bond acceptors (Lipinski definition) is 1. The molecule has 0 aromatic heterocycles. The average molecular weight is 315 g/mol. The van der Waals surface area contributed by atoms with Gasteiger partial charge in [-0.2, -0.15) is 0 Å². The fourth-order valence-electron chi connectivity index (χ4n) is 2.18. The van der Waals surface area contributed by atoms with Crippen molar-refractivity contribution >= 4 is 28.3 Å². The van der Waals surface area contributed by atoms with Crippen LogP contribution in [0.25, 0.3) is 0 Å². The summed E-state index contributed by atoms with van der Waals surface area (Å²) in [5.74, 6) is 0.906. The second-order valence-corrected chi connectivity index (χ2v) is 5.66. The highest BCUT2D eigenvalue weighted by molar-refractivity contribution is 14.1. The van der Waals surface area contributed by atoms with Gasteiger partial charge in [0.1, 0.15) is 0 Å². The van der Waals surface area contributed by atoms with Crippen molar-refractivity contribution < 1.29 is 0 Å². The van der Waals surface area contributed by atoms with E-state index in [2.05, 4.69) is 53.0 Å². The Kier molecular flexibility index (Phi) is 3.89. The monoisotopic (exact) mass is 315 g/mol. The molecule has 1 aromatic carbocycles. The van der Waals surface area contributed by atoms with E-state index < -0.39 is 0 Å². The molecule has 1 fully saturated rings. The zero-order valence-corrected chi connectivity index (χ0v) is 11.4. The molecular formula is C13H18IN. The van der Waals surface area contributed by atoms with E-state index in [1.165, 1.54) is 40.5 Å². The lowest BCUT2D eigenvalue weighted by Gasteiger charge is -2.12. The van der Waals surface area contributed by atoms with Crippen molar-refractivity contribution in [3.05, 3.63) is 27.3 Å². The smallest absolute Gasteiger partial charge is 0.0351 e. The minimum Gasteiger partial charge on any atom is -0.385 e. The van der Waals surface area contributed by atoms with E-state index in [9.17, 15) is 0 Å². The minimum absolute atomic E-state index is 0.906. The van der Waals surface area contributed by atoms with Gasteiger partial charge >= 0.3 is 0 Å². The minimum atomic E-state index is 0.906. The lowest BCUT2D eigenvalue weighted by molar-refractivity contribution is 0.580. The van der Waals surface area contributed by atoms with Crippen LogP contribution < -0.4 is 5.32 Å². The normalized spacial score (nSPS) is 16.9. The number of anilines is 1. The molecule has 1 nitrogen and oxygen atoms in total. The molecule has 1 saturated carbocycles. The van der Waals surface area contributed by atoms with Gasteiger partial charge in [0.15, 0.2) is 0 Å². The van der Waals surface area contributed by atoms with Gasteiger partial charge in [0.2, 0.25) is 0 Å². The van der Waals surface area contributed by atoms with Crippen molar-refractivity contribution in [2.24, 2.45) is 5.92 Å². The van der Waals surface area contributed by atoms with Crippen LogP contribution in [0.5, 0.6) is 0 Å². The van der Waals surface area contributed by atoms with Crippen molar-refractivity contribution in [3.8, 4) is 0 Å². The molecule has 1 aromatic rings. The molecular weight excluding hydrogens is 297 g/mol. The van der Waals surface area contributed by atoms with Gasteiger partial charge in [0.25, 0.3) is 0 Å². The number of rotatable bonds is 3. The highest BCUT2D eigenvalue weighted by Gasteiger charge is 2.14.